The molecule has 140 valence electrons. The first-order valence-electron chi connectivity index (χ1n) is 8.73. The second kappa shape index (κ2) is 7.07. The van der Waals surface area contributed by atoms with Crippen LogP contribution in [-0.4, -0.2) is 22.3 Å². The van der Waals surface area contributed by atoms with Crippen LogP contribution < -0.4 is 0 Å². The first-order chi connectivity index (χ1) is 13.6. The van der Waals surface area contributed by atoms with Crippen molar-refractivity contribution in [3.63, 3.8) is 0 Å². The van der Waals surface area contributed by atoms with Gasteiger partial charge in [-0.3, -0.25) is 10.1 Å². The van der Waals surface area contributed by atoms with Gasteiger partial charge in [0.2, 0.25) is 0 Å². The lowest BCUT2D eigenvalue weighted by Crippen LogP contribution is -2.25. The standard InChI is InChI=1S/C20H16N4O4/c1-2-28-20(25)19(14-9-11-15(12-10-14)24(26)27)23-21-16-7-3-5-13-6-4-8-17(22-23)18(13)16/h3-12,19H,2H2,1H3. The van der Waals surface area contributed by atoms with E-state index in [2.05, 4.69) is 10.5 Å². The number of nitrogens with zero attached hydrogens (tertiary/aromatic N) is 4. The van der Waals surface area contributed by atoms with Gasteiger partial charge in [-0.1, -0.05) is 36.4 Å². The van der Waals surface area contributed by atoms with E-state index in [4.69, 9.17) is 4.74 Å². The second-order valence-electron chi connectivity index (χ2n) is 6.18. The molecule has 28 heavy (non-hydrogen) atoms. The molecular formula is C20H16N4O4. The van der Waals surface area contributed by atoms with E-state index < -0.39 is 16.9 Å². The topological polar surface area (TPSA) is 98.9 Å². The lowest BCUT2D eigenvalue weighted by molar-refractivity contribution is -0.571. The number of carbonyl (C=O) groups is 1. The maximum absolute atomic E-state index is 12.7. The summed E-state index contributed by atoms with van der Waals surface area (Å²) in [4.78, 5) is 24.5. The van der Waals surface area contributed by atoms with Crippen molar-refractivity contribution in [1.29, 1.82) is 0 Å². The molecule has 1 atom stereocenters. The third kappa shape index (κ3) is 3.05. The van der Waals surface area contributed by atoms with Gasteiger partial charge in [0.05, 0.1) is 11.5 Å². The van der Waals surface area contributed by atoms with Crippen molar-refractivity contribution in [2.24, 2.45) is 5.11 Å². The molecular weight excluding hydrogens is 360 g/mol. The average molecular weight is 376 g/mol. The van der Waals surface area contributed by atoms with Crippen LogP contribution in [-0.2, 0) is 9.53 Å². The number of carbonyl (C=O) groups excluding carboxylic acids is 1. The van der Waals surface area contributed by atoms with Crippen molar-refractivity contribution in [2.75, 3.05) is 6.61 Å². The fourth-order valence-corrected chi connectivity index (χ4v) is 3.19. The summed E-state index contributed by atoms with van der Waals surface area (Å²) < 4.78 is 5.22. The maximum Gasteiger partial charge on any atom is 0.382 e. The summed E-state index contributed by atoms with van der Waals surface area (Å²) in [6, 6.07) is 16.2. The highest BCUT2D eigenvalue weighted by Gasteiger charge is 2.34. The Hall–Kier alpha value is -3.81. The molecule has 0 N–H and O–H groups in total. The number of ether oxygens (including phenoxy) is 1. The zero-order valence-corrected chi connectivity index (χ0v) is 15.0. The number of esters is 1. The fraction of sp³-hybridized carbons (Fsp3) is 0.150. The zero-order chi connectivity index (χ0) is 19.7. The summed E-state index contributed by atoms with van der Waals surface area (Å²) >= 11 is 0. The Kier molecular flexibility index (Phi) is 4.44. The molecule has 3 aromatic rings. The minimum absolute atomic E-state index is 0.0611. The maximum atomic E-state index is 12.7. The SMILES string of the molecule is CCOC(=O)C(c1ccc([N+](=O)[O-])cc1)[N+]1=Nc2cccc3cccc(c23)[N-]1. The van der Waals surface area contributed by atoms with E-state index in [1.54, 1.807) is 6.92 Å². The van der Waals surface area contributed by atoms with E-state index in [0.717, 1.165) is 10.8 Å². The van der Waals surface area contributed by atoms with Crippen LogP contribution in [0.2, 0.25) is 0 Å². The summed E-state index contributed by atoms with van der Waals surface area (Å²) in [6.07, 6.45) is 0. The molecule has 1 aliphatic heterocycles. The van der Waals surface area contributed by atoms with Crippen LogP contribution >= 0.6 is 0 Å². The van der Waals surface area contributed by atoms with Gasteiger partial charge < -0.3 is 4.74 Å². The van der Waals surface area contributed by atoms with Crippen molar-refractivity contribution in [2.45, 2.75) is 13.0 Å². The molecule has 0 amide bonds. The van der Waals surface area contributed by atoms with Crippen molar-refractivity contribution < 1.29 is 19.3 Å². The van der Waals surface area contributed by atoms with E-state index in [1.807, 2.05) is 36.4 Å². The van der Waals surface area contributed by atoms with Crippen molar-refractivity contribution in [3.8, 4) is 0 Å². The number of non-ortho nitro benzene ring substituents is 1. The van der Waals surface area contributed by atoms with Gasteiger partial charge in [-0.25, -0.2) is 4.79 Å². The highest BCUT2D eigenvalue weighted by atomic mass is 16.6. The number of azo groups is 1. The number of nitro groups is 1. The third-order valence-electron chi connectivity index (χ3n) is 4.44. The summed E-state index contributed by atoms with van der Waals surface area (Å²) in [5, 5.41) is 17.4. The summed E-state index contributed by atoms with van der Waals surface area (Å²) in [5.74, 6) is -0.532. The third-order valence-corrected chi connectivity index (χ3v) is 4.44. The molecule has 0 spiro atoms. The van der Waals surface area contributed by atoms with E-state index in [9.17, 15) is 14.9 Å². The van der Waals surface area contributed by atoms with Crippen LogP contribution in [0.25, 0.3) is 16.2 Å². The van der Waals surface area contributed by atoms with Gasteiger partial charge in [-0.15, -0.1) is 4.81 Å². The molecule has 3 aromatic carbocycles. The first-order valence-corrected chi connectivity index (χ1v) is 8.73. The Morgan fingerprint density at radius 3 is 2.57 bits per heavy atom. The van der Waals surface area contributed by atoms with Gasteiger partial charge in [0, 0.05) is 29.1 Å². The van der Waals surface area contributed by atoms with Crippen LogP contribution in [0, 0.1) is 10.1 Å². The van der Waals surface area contributed by atoms with E-state index in [0.29, 0.717) is 16.9 Å². The Labute approximate surface area is 160 Å². The predicted molar refractivity (Wildman–Crippen MR) is 102 cm³/mol. The Morgan fingerprint density at radius 1 is 1.18 bits per heavy atom. The number of hydrogen-bond acceptors (Lipinski definition) is 5. The largest absolute Gasteiger partial charge is 0.461 e. The highest BCUT2D eigenvalue weighted by Crippen LogP contribution is 2.43. The summed E-state index contributed by atoms with van der Waals surface area (Å²) in [5.41, 5.74) is 6.36. The van der Waals surface area contributed by atoms with Gasteiger partial charge >= 0.3 is 5.97 Å². The van der Waals surface area contributed by atoms with Crippen molar-refractivity contribution in [1.82, 2.24) is 0 Å². The lowest BCUT2D eigenvalue weighted by atomic mass is 10.1. The Morgan fingerprint density at radius 2 is 1.89 bits per heavy atom. The molecule has 0 radical (unpaired) electrons. The smallest absolute Gasteiger partial charge is 0.382 e. The monoisotopic (exact) mass is 376 g/mol. The van der Waals surface area contributed by atoms with Crippen molar-refractivity contribution in [3.05, 3.63) is 81.8 Å². The molecule has 0 aliphatic carbocycles. The molecule has 1 unspecified atom stereocenters. The van der Waals surface area contributed by atoms with Gasteiger partial charge in [-0.05, 0) is 29.8 Å². The van der Waals surface area contributed by atoms with Crippen LogP contribution in [0.15, 0.2) is 65.8 Å². The second-order valence-corrected chi connectivity index (χ2v) is 6.18. The van der Waals surface area contributed by atoms with Crippen molar-refractivity contribution >= 4 is 33.8 Å². The van der Waals surface area contributed by atoms with Gasteiger partial charge in [0.1, 0.15) is 0 Å². The molecule has 0 saturated carbocycles. The Bertz CT molecular complexity index is 1100. The van der Waals surface area contributed by atoms with E-state index in [1.165, 1.54) is 29.1 Å². The molecule has 1 aliphatic rings. The molecule has 4 rings (SSSR count). The molecule has 1 heterocycles. The molecule has 0 aromatic heterocycles. The Balaban J connectivity index is 1.81. The quantitative estimate of drug-likeness (QED) is 0.268. The average Bonchev–Trinajstić information content (AvgIpc) is 2.69. The minimum Gasteiger partial charge on any atom is -0.461 e. The van der Waals surface area contributed by atoms with E-state index in [-0.39, 0.29) is 12.3 Å². The van der Waals surface area contributed by atoms with Gasteiger partial charge in [0.15, 0.2) is 0 Å². The van der Waals surface area contributed by atoms with Gasteiger partial charge in [-0.2, -0.15) is 10.5 Å². The van der Waals surface area contributed by atoms with E-state index >= 15 is 0 Å². The molecule has 8 nitrogen and oxygen atoms in total. The number of nitro benzene ring substituents is 1. The molecule has 8 heteroatoms. The fourth-order valence-electron chi connectivity index (χ4n) is 3.19. The number of hydrogen-bond donors (Lipinski definition) is 0. The number of benzene rings is 3. The molecule has 0 bridgehead atoms. The highest BCUT2D eigenvalue weighted by molar-refractivity contribution is 6.02. The zero-order valence-electron chi connectivity index (χ0n) is 15.0. The normalized spacial score (nSPS) is 13.4. The van der Waals surface area contributed by atoms with Crippen LogP contribution in [0.5, 0.6) is 0 Å². The van der Waals surface area contributed by atoms with Crippen LogP contribution in [0.4, 0.5) is 17.1 Å². The minimum atomic E-state index is -0.954. The van der Waals surface area contributed by atoms with Gasteiger partial charge in [0.25, 0.3) is 11.7 Å². The molecule has 0 saturated heterocycles. The lowest BCUT2D eigenvalue weighted by Gasteiger charge is -2.24. The summed E-state index contributed by atoms with van der Waals surface area (Å²) in [7, 11) is 0. The van der Waals surface area contributed by atoms with Crippen LogP contribution in [0.1, 0.15) is 18.5 Å². The summed E-state index contributed by atoms with van der Waals surface area (Å²) in [6.45, 7) is 1.91. The first kappa shape index (κ1) is 17.6. The predicted octanol–water partition coefficient (Wildman–Crippen LogP) is 5.08. The number of rotatable bonds is 5. The molecule has 0 fully saturated rings. The van der Waals surface area contributed by atoms with Crippen LogP contribution in [0.3, 0.4) is 0 Å².